The van der Waals surface area contributed by atoms with E-state index in [0.29, 0.717) is 48.6 Å². The summed E-state index contributed by atoms with van der Waals surface area (Å²) in [7, 11) is -3.65. The monoisotopic (exact) mass is 401 g/mol. The number of rotatable bonds is 2. The lowest BCUT2D eigenvalue weighted by Gasteiger charge is -2.32. The van der Waals surface area contributed by atoms with Gasteiger partial charge in [0, 0.05) is 30.3 Å². The van der Waals surface area contributed by atoms with Gasteiger partial charge >= 0.3 is 0 Å². The molecular weight excluding hydrogens is 381 g/mol. The van der Waals surface area contributed by atoms with Gasteiger partial charge in [0.25, 0.3) is 10.0 Å². The van der Waals surface area contributed by atoms with Crippen molar-refractivity contribution in [3.05, 3.63) is 59.4 Å². The normalized spacial score (nSPS) is 18.5. The molecule has 2 aromatic rings. The molecule has 146 valence electrons. The Kier molecular flexibility index (Phi) is 4.66. The van der Waals surface area contributed by atoms with Crippen molar-refractivity contribution in [3.8, 4) is 0 Å². The van der Waals surface area contributed by atoms with Crippen molar-refractivity contribution < 1.29 is 17.6 Å². The molecule has 0 spiro atoms. The lowest BCUT2D eigenvalue weighted by Crippen LogP contribution is -2.41. The lowest BCUT2D eigenvalue weighted by molar-refractivity contribution is -0.121. The second kappa shape index (κ2) is 7.01. The number of hydrogen-bond acceptors (Lipinski definition) is 4. The number of amidine groups is 1. The van der Waals surface area contributed by atoms with E-state index in [2.05, 4.69) is 9.71 Å². The first-order chi connectivity index (χ1) is 13.3. The van der Waals surface area contributed by atoms with Crippen LogP contribution in [0.3, 0.4) is 0 Å². The number of benzene rings is 2. The van der Waals surface area contributed by atoms with Crippen LogP contribution in [0, 0.1) is 18.7 Å². The number of piperidine rings is 1. The van der Waals surface area contributed by atoms with Crippen LogP contribution < -0.4 is 5.32 Å². The Balaban J connectivity index is 1.43. The molecule has 0 atom stereocenters. The van der Waals surface area contributed by atoms with E-state index in [0.717, 1.165) is 0 Å². The maximum absolute atomic E-state index is 13.2. The summed E-state index contributed by atoms with van der Waals surface area (Å²) < 4.78 is 41.6. The molecule has 0 unspecified atom stereocenters. The van der Waals surface area contributed by atoms with Crippen molar-refractivity contribution in [2.45, 2.75) is 24.7 Å². The van der Waals surface area contributed by atoms with Crippen LogP contribution in [-0.2, 0) is 14.8 Å². The van der Waals surface area contributed by atoms with Crippen LogP contribution >= 0.6 is 0 Å². The molecule has 28 heavy (non-hydrogen) atoms. The number of carbonyl (C=O) groups excluding carboxylic acids is 1. The van der Waals surface area contributed by atoms with E-state index in [1.807, 2.05) is 4.90 Å². The molecule has 2 aromatic carbocycles. The molecule has 2 aliphatic rings. The topological polar surface area (TPSA) is 78.8 Å². The number of sulfonamides is 1. The van der Waals surface area contributed by atoms with Crippen LogP contribution in [0.25, 0.3) is 0 Å². The van der Waals surface area contributed by atoms with E-state index >= 15 is 0 Å². The average Bonchev–Trinajstić information content (AvgIpc) is 2.96. The molecule has 0 aliphatic carbocycles. The third-order valence-electron chi connectivity index (χ3n) is 5.22. The Morgan fingerprint density at radius 2 is 1.89 bits per heavy atom. The van der Waals surface area contributed by atoms with Gasteiger partial charge < -0.3 is 10.2 Å². The molecule has 2 heterocycles. The van der Waals surface area contributed by atoms with Crippen molar-refractivity contribution in [3.63, 3.8) is 0 Å². The highest BCUT2D eigenvalue weighted by Gasteiger charge is 2.34. The number of anilines is 1. The van der Waals surface area contributed by atoms with E-state index in [9.17, 15) is 17.6 Å². The van der Waals surface area contributed by atoms with E-state index in [1.165, 1.54) is 12.1 Å². The molecular formula is C20H20FN3O3S. The van der Waals surface area contributed by atoms with Gasteiger partial charge in [-0.1, -0.05) is 12.1 Å². The minimum atomic E-state index is -3.65. The molecule has 0 saturated carbocycles. The van der Waals surface area contributed by atoms with Gasteiger partial charge in [-0.25, -0.2) is 4.39 Å². The predicted octanol–water partition coefficient (Wildman–Crippen LogP) is 2.93. The molecule has 4 rings (SSSR count). The maximum atomic E-state index is 13.2. The number of fused-ring (bicyclic) bond motifs is 1. The third-order valence-corrected chi connectivity index (χ3v) is 6.55. The van der Waals surface area contributed by atoms with Crippen LogP contribution in [-0.4, -0.2) is 38.2 Å². The summed E-state index contributed by atoms with van der Waals surface area (Å²) in [6, 6.07) is 11.1. The van der Waals surface area contributed by atoms with Crippen molar-refractivity contribution in [2.24, 2.45) is 10.3 Å². The number of carbonyl (C=O) groups is 1. The molecule has 8 heteroatoms. The number of likely N-dealkylation sites (tertiary alicyclic amines) is 1. The summed E-state index contributed by atoms with van der Waals surface area (Å²) in [6.07, 6.45) is 1.18. The smallest absolute Gasteiger partial charge is 0.285 e. The van der Waals surface area contributed by atoms with Crippen LogP contribution in [0.2, 0.25) is 0 Å². The molecule has 0 bridgehead atoms. The average molecular weight is 401 g/mol. The molecule has 0 aromatic heterocycles. The van der Waals surface area contributed by atoms with Crippen LogP contribution in [0.1, 0.15) is 24.0 Å². The zero-order chi connectivity index (χ0) is 19.9. The number of nitrogens with zero attached hydrogens (tertiary/aromatic N) is 2. The van der Waals surface area contributed by atoms with Crippen molar-refractivity contribution in [1.29, 1.82) is 0 Å². The van der Waals surface area contributed by atoms with Crippen molar-refractivity contribution in [2.75, 3.05) is 18.4 Å². The molecule has 0 radical (unpaired) electrons. The van der Waals surface area contributed by atoms with Gasteiger partial charge in [-0.15, -0.1) is 4.40 Å². The minimum absolute atomic E-state index is 0.101. The van der Waals surface area contributed by atoms with Crippen molar-refractivity contribution >= 4 is 27.5 Å². The Morgan fingerprint density at radius 1 is 1.18 bits per heavy atom. The Labute approximate surface area is 163 Å². The van der Waals surface area contributed by atoms with E-state index in [-0.39, 0.29) is 22.5 Å². The molecule has 1 amide bonds. The second-order valence-corrected chi connectivity index (χ2v) is 8.67. The molecule has 1 fully saturated rings. The first-order valence-corrected chi connectivity index (χ1v) is 10.6. The zero-order valence-corrected chi connectivity index (χ0v) is 16.2. The number of nitrogens with one attached hydrogen (secondary N) is 1. The Morgan fingerprint density at radius 3 is 2.61 bits per heavy atom. The molecule has 1 saturated heterocycles. The third kappa shape index (κ3) is 3.40. The molecule has 2 aliphatic heterocycles. The summed E-state index contributed by atoms with van der Waals surface area (Å²) in [6.45, 7) is 2.84. The Bertz CT molecular complexity index is 1070. The first kappa shape index (κ1) is 18.6. The fourth-order valence-corrected chi connectivity index (χ4v) is 4.90. The highest BCUT2D eigenvalue weighted by molar-refractivity contribution is 7.90. The van der Waals surface area contributed by atoms with Gasteiger partial charge in [0.2, 0.25) is 5.91 Å². The first-order valence-electron chi connectivity index (χ1n) is 9.11. The van der Waals surface area contributed by atoms with Crippen LogP contribution in [0.4, 0.5) is 10.1 Å². The van der Waals surface area contributed by atoms with Gasteiger partial charge in [0.05, 0.1) is 0 Å². The van der Waals surface area contributed by atoms with Gasteiger partial charge in [-0.05, 0) is 55.7 Å². The number of hydrogen-bond donors (Lipinski definition) is 1. The van der Waals surface area contributed by atoms with Crippen molar-refractivity contribution in [1.82, 2.24) is 4.90 Å². The van der Waals surface area contributed by atoms with E-state index in [4.69, 9.17) is 0 Å². The molecule has 6 nitrogen and oxygen atoms in total. The van der Waals surface area contributed by atoms with E-state index < -0.39 is 10.0 Å². The number of amides is 1. The number of aryl methyl sites for hydroxylation is 1. The van der Waals surface area contributed by atoms with Gasteiger partial charge in [0.1, 0.15) is 10.7 Å². The standard InChI is InChI=1S/C20H20FN3O3S/c1-13-12-15(21)6-7-17(13)22-20(25)14-8-10-24(11-9-14)19-16-4-2-3-5-18(16)28(26,27)23-19/h2-7,12,14H,8-11H2,1H3,(H,22,25). The maximum Gasteiger partial charge on any atom is 0.285 e. The van der Waals surface area contributed by atoms with Gasteiger partial charge in [-0.2, -0.15) is 8.42 Å². The zero-order valence-electron chi connectivity index (χ0n) is 15.4. The SMILES string of the molecule is Cc1cc(F)ccc1NC(=O)C1CCN(C2=NS(=O)(=O)c3ccccc32)CC1. The summed E-state index contributed by atoms with van der Waals surface area (Å²) in [5.41, 5.74) is 1.90. The summed E-state index contributed by atoms with van der Waals surface area (Å²) in [5.74, 6) is -0.162. The largest absolute Gasteiger partial charge is 0.355 e. The predicted molar refractivity (Wildman–Crippen MR) is 104 cm³/mol. The highest BCUT2D eigenvalue weighted by Crippen LogP contribution is 2.30. The van der Waals surface area contributed by atoms with Crippen LogP contribution in [0.15, 0.2) is 51.8 Å². The van der Waals surface area contributed by atoms with Crippen LogP contribution in [0.5, 0.6) is 0 Å². The fourth-order valence-electron chi connectivity index (χ4n) is 3.67. The second-order valence-electron chi connectivity index (χ2n) is 7.10. The lowest BCUT2D eigenvalue weighted by atomic mass is 9.95. The molecule has 1 N–H and O–H groups in total. The van der Waals surface area contributed by atoms with Gasteiger partial charge in [0.15, 0.2) is 5.84 Å². The fraction of sp³-hybridized carbons (Fsp3) is 0.300. The van der Waals surface area contributed by atoms with E-state index in [1.54, 1.807) is 37.3 Å². The number of halogens is 1. The summed E-state index contributed by atoms with van der Waals surface area (Å²) in [5, 5.41) is 2.87. The summed E-state index contributed by atoms with van der Waals surface area (Å²) in [4.78, 5) is 14.7. The quantitative estimate of drug-likeness (QED) is 0.839. The minimum Gasteiger partial charge on any atom is -0.355 e. The summed E-state index contributed by atoms with van der Waals surface area (Å²) >= 11 is 0. The van der Waals surface area contributed by atoms with Gasteiger partial charge in [-0.3, -0.25) is 4.79 Å². The Hall–Kier alpha value is -2.74. The highest BCUT2D eigenvalue weighted by atomic mass is 32.2.